The normalized spacial score (nSPS) is 18.0. The van der Waals surface area contributed by atoms with E-state index in [0.29, 0.717) is 11.0 Å². The smallest absolute Gasteiger partial charge is 0.212 e. The van der Waals surface area contributed by atoms with Crippen molar-refractivity contribution in [3.8, 4) is 0 Å². The third kappa shape index (κ3) is 2.95. The molecule has 0 aliphatic heterocycles. The summed E-state index contributed by atoms with van der Waals surface area (Å²) in [6.07, 6.45) is 7.87. The number of thiazole rings is 1. The predicted molar refractivity (Wildman–Crippen MR) is 68.0 cm³/mol. The maximum atomic E-state index is 5.33. The number of nitrogens with zero attached hydrogens (tertiary/aromatic N) is 2. The van der Waals surface area contributed by atoms with Gasteiger partial charge in [0.05, 0.1) is 5.69 Å². The molecule has 0 amide bonds. The number of hydrogen-bond acceptors (Lipinski definition) is 3. The largest absolute Gasteiger partial charge is 0.370 e. The molecule has 1 heterocycles. The maximum absolute atomic E-state index is 5.33. The molecule has 1 fully saturated rings. The Kier molecular flexibility index (Phi) is 3.77. The monoisotopic (exact) mass is 238 g/mol. The van der Waals surface area contributed by atoms with E-state index in [4.69, 9.17) is 11.5 Å². The van der Waals surface area contributed by atoms with Crippen LogP contribution in [0.25, 0.3) is 0 Å². The van der Waals surface area contributed by atoms with Crippen LogP contribution in [0, 0.1) is 0 Å². The molecule has 0 bridgehead atoms. The number of aromatic nitrogens is 1. The van der Waals surface area contributed by atoms with Crippen molar-refractivity contribution < 1.29 is 0 Å². The Hall–Kier alpha value is -1.10. The second-order valence-electron chi connectivity index (χ2n) is 4.28. The molecule has 4 N–H and O–H groups in total. The van der Waals surface area contributed by atoms with Crippen LogP contribution < -0.4 is 11.5 Å². The average Bonchev–Trinajstić information content (AvgIpc) is 2.53. The van der Waals surface area contributed by atoms with Gasteiger partial charge in [0.25, 0.3) is 0 Å². The fraction of sp³-hybridized carbons (Fsp3) is 0.636. The SMILES string of the molecule is NC(N)=Nc1nc(C2CCCCCC2)cs1. The molecule has 4 nitrogen and oxygen atoms in total. The van der Waals surface area contributed by atoms with Crippen molar-refractivity contribution in [2.45, 2.75) is 44.4 Å². The van der Waals surface area contributed by atoms with Crippen LogP contribution in [0.3, 0.4) is 0 Å². The van der Waals surface area contributed by atoms with Crippen molar-refractivity contribution in [1.82, 2.24) is 4.98 Å². The van der Waals surface area contributed by atoms with Gasteiger partial charge in [-0.2, -0.15) is 4.99 Å². The average molecular weight is 238 g/mol. The van der Waals surface area contributed by atoms with Gasteiger partial charge in [-0.3, -0.25) is 0 Å². The molecule has 0 atom stereocenters. The first-order chi connectivity index (χ1) is 7.75. The Morgan fingerprint density at radius 3 is 2.56 bits per heavy atom. The Morgan fingerprint density at radius 1 is 1.25 bits per heavy atom. The molecular weight excluding hydrogens is 220 g/mol. The molecule has 0 radical (unpaired) electrons. The molecule has 88 valence electrons. The lowest BCUT2D eigenvalue weighted by Crippen LogP contribution is -2.21. The Morgan fingerprint density at radius 2 is 1.94 bits per heavy atom. The summed E-state index contributed by atoms with van der Waals surface area (Å²) in [4.78, 5) is 8.46. The van der Waals surface area contributed by atoms with Crippen molar-refractivity contribution in [3.05, 3.63) is 11.1 Å². The molecule has 0 spiro atoms. The third-order valence-corrected chi connectivity index (χ3v) is 3.76. The van der Waals surface area contributed by atoms with Crippen molar-refractivity contribution in [1.29, 1.82) is 0 Å². The van der Waals surface area contributed by atoms with Gasteiger partial charge < -0.3 is 11.5 Å². The van der Waals surface area contributed by atoms with Gasteiger partial charge in [0.2, 0.25) is 5.13 Å². The zero-order valence-electron chi connectivity index (χ0n) is 9.35. The Labute approximate surface area is 99.8 Å². The van der Waals surface area contributed by atoms with E-state index in [1.165, 1.54) is 55.6 Å². The van der Waals surface area contributed by atoms with Crippen LogP contribution in [-0.4, -0.2) is 10.9 Å². The van der Waals surface area contributed by atoms with Gasteiger partial charge in [-0.05, 0) is 12.8 Å². The highest BCUT2D eigenvalue weighted by Crippen LogP contribution is 2.33. The van der Waals surface area contributed by atoms with E-state index in [0.717, 1.165) is 0 Å². The molecule has 1 aliphatic carbocycles. The van der Waals surface area contributed by atoms with Crippen LogP contribution in [0.4, 0.5) is 5.13 Å². The van der Waals surface area contributed by atoms with Crippen LogP contribution in [0.15, 0.2) is 10.4 Å². The van der Waals surface area contributed by atoms with E-state index in [2.05, 4.69) is 15.4 Å². The minimum Gasteiger partial charge on any atom is -0.370 e. The van der Waals surface area contributed by atoms with Gasteiger partial charge >= 0.3 is 0 Å². The molecule has 16 heavy (non-hydrogen) atoms. The fourth-order valence-electron chi connectivity index (χ4n) is 2.20. The van der Waals surface area contributed by atoms with E-state index in [1.807, 2.05) is 0 Å². The lowest BCUT2D eigenvalue weighted by Gasteiger charge is -2.09. The van der Waals surface area contributed by atoms with Gasteiger partial charge in [-0.1, -0.05) is 25.7 Å². The topological polar surface area (TPSA) is 77.3 Å². The predicted octanol–water partition coefficient (Wildman–Crippen LogP) is 2.49. The molecular formula is C11H18N4S. The first-order valence-electron chi connectivity index (χ1n) is 5.81. The number of hydrogen-bond donors (Lipinski definition) is 2. The van der Waals surface area contributed by atoms with E-state index in [-0.39, 0.29) is 5.96 Å². The van der Waals surface area contributed by atoms with E-state index >= 15 is 0 Å². The molecule has 2 rings (SSSR count). The lowest BCUT2D eigenvalue weighted by atomic mass is 9.98. The summed E-state index contributed by atoms with van der Waals surface area (Å²) >= 11 is 1.52. The zero-order chi connectivity index (χ0) is 11.4. The molecule has 1 aromatic heterocycles. The molecule has 1 aliphatic rings. The summed E-state index contributed by atoms with van der Waals surface area (Å²) in [7, 11) is 0. The van der Waals surface area contributed by atoms with Crippen LogP contribution >= 0.6 is 11.3 Å². The minimum atomic E-state index is 0.0850. The summed E-state index contributed by atoms with van der Waals surface area (Å²) in [6.45, 7) is 0. The van der Waals surface area contributed by atoms with Crippen LogP contribution in [0.1, 0.15) is 50.1 Å². The van der Waals surface area contributed by atoms with Gasteiger partial charge in [0, 0.05) is 11.3 Å². The first kappa shape index (κ1) is 11.4. The van der Waals surface area contributed by atoms with Crippen molar-refractivity contribution >= 4 is 22.4 Å². The zero-order valence-corrected chi connectivity index (χ0v) is 10.2. The molecule has 0 unspecified atom stereocenters. The quantitative estimate of drug-likeness (QED) is 0.472. The maximum Gasteiger partial charge on any atom is 0.212 e. The second-order valence-corrected chi connectivity index (χ2v) is 5.12. The summed E-state index contributed by atoms with van der Waals surface area (Å²) in [5.41, 5.74) is 11.8. The molecule has 1 aromatic rings. The fourth-order valence-corrected chi connectivity index (χ4v) is 2.99. The number of guanidine groups is 1. The summed E-state index contributed by atoms with van der Waals surface area (Å²) in [6, 6.07) is 0. The number of rotatable bonds is 2. The van der Waals surface area contributed by atoms with Crippen molar-refractivity contribution in [2.24, 2.45) is 16.5 Å². The summed E-state index contributed by atoms with van der Waals surface area (Å²) in [5, 5.41) is 2.77. The van der Waals surface area contributed by atoms with Crippen molar-refractivity contribution in [2.75, 3.05) is 0 Å². The Balaban J connectivity index is 2.08. The number of aliphatic imine (C=N–C) groups is 1. The van der Waals surface area contributed by atoms with Crippen LogP contribution in [0.5, 0.6) is 0 Å². The lowest BCUT2D eigenvalue weighted by molar-refractivity contribution is 0.581. The third-order valence-electron chi connectivity index (χ3n) is 3.01. The van der Waals surface area contributed by atoms with Gasteiger partial charge in [0.15, 0.2) is 5.96 Å². The molecule has 5 heteroatoms. The highest BCUT2D eigenvalue weighted by molar-refractivity contribution is 7.13. The molecule has 1 saturated carbocycles. The van der Waals surface area contributed by atoms with E-state index < -0.39 is 0 Å². The first-order valence-corrected chi connectivity index (χ1v) is 6.69. The Bertz CT molecular complexity index is 360. The minimum absolute atomic E-state index is 0.0850. The van der Waals surface area contributed by atoms with Gasteiger partial charge in [0.1, 0.15) is 0 Å². The number of nitrogens with two attached hydrogens (primary N) is 2. The van der Waals surface area contributed by atoms with E-state index in [9.17, 15) is 0 Å². The van der Waals surface area contributed by atoms with E-state index in [1.54, 1.807) is 0 Å². The standard InChI is InChI=1S/C11H18N4S/c12-10(13)15-11-14-9(7-16-11)8-5-3-1-2-4-6-8/h7-8H,1-6H2,(H4,12,13,14,15). The second kappa shape index (κ2) is 5.30. The summed E-state index contributed by atoms with van der Waals surface area (Å²) < 4.78 is 0. The highest BCUT2D eigenvalue weighted by atomic mass is 32.1. The van der Waals surface area contributed by atoms with Crippen LogP contribution in [0.2, 0.25) is 0 Å². The molecule has 0 saturated heterocycles. The molecule has 0 aromatic carbocycles. The van der Waals surface area contributed by atoms with Crippen molar-refractivity contribution in [3.63, 3.8) is 0 Å². The van der Waals surface area contributed by atoms with Gasteiger partial charge in [-0.25, -0.2) is 4.98 Å². The summed E-state index contributed by atoms with van der Waals surface area (Å²) in [5.74, 6) is 0.698. The highest BCUT2D eigenvalue weighted by Gasteiger charge is 2.17. The van der Waals surface area contributed by atoms with Gasteiger partial charge in [-0.15, -0.1) is 11.3 Å². The van der Waals surface area contributed by atoms with Crippen LogP contribution in [-0.2, 0) is 0 Å².